The zero-order valence-electron chi connectivity index (χ0n) is 20.5. The number of ketones is 1. The molecule has 35 heavy (non-hydrogen) atoms. The number of hydrogen-bond acceptors (Lipinski definition) is 6. The van der Waals surface area contributed by atoms with Crippen LogP contribution in [-0.4, -0.2) is 34.9 Å². The van der Waals surface area contributed by atoms with E-state index >= 15 is 0 Å². The van der Waals surface area contributed by atoms with E-state index in [1.54, 1.807) is 56.5 Å². The van der Waals surface area contributed by atoms with Crippen molar-refractivity contribution in [3.05, 3.63) is 88.4 Å². The number of likely N-dealkylation sites (tertiary alicyclic amines) is 1. The number of ether oxygens (including phenoxy) is 2. The minimum atomic E-state index is -0.863. The van der Waals surface area contributed by atoms with Crippen LogP contribution < -0.4 is 9.47 Å². The van der Waals surface area contributed by atoms with Crippen LogP contribution in [-0.2, 0) is 16.1 Å². The van der Waals surface area contributed by atoms with Gasteiger partial charge in [0.15, 0.2) is 0 Å². The summed E-state index contributed by atoms with van der Waals surface area (Å²) in [5.41, 5.74) is 2.04. The largest absolute Gasteiger partial charge is 0.507 e. The van der Waals surface area contributed by atoms with Gasteiger partial charge in [0, 0.05) is 12.1 Å². The first-order valence-corrected chi connectivity index (χ1v) is 11.4. The molecular weight excluding hydrogens is 446 g/mol. The third-order valence-corrected chi connectivity index (χ3v) is 5.89. The fourth-order valence-corrected chi connectivity index (χ4v) is 4.21. The SMILES string of the molecule is COc1ccc(CN2C(=O)C(=O)/C(=C(\O)c3ccc(OC(C)C)c(C)c3)C2c2ccc(C)o2)cc1. The van der Waals surface area contributed by atoms with Gasteiger partial charge in [-0.2, -0.15) is 0 Å². The Kier molecular flexibility index (Phi) is 6.69. The molecule has 7 heteroatoms. The number of rotatable bonds is 7. The molecule has 3 aromatic rings. The number of nitrogens with zero attached hydrogens (tertiary/aromatic N) is 1. The van der Waals surface area contributed by atoms with Gasteiger partial charge in [0.1, 0.15) is 34.8 Å². The van der Waals surface area contributed by atoms with E-state index in [-0.39, 0.29) is 24.0 Å². The van der Waals surface area contributed by atoms with Crippen LogP contribution in [0, 0.1) is 13.8 Å². The van der Waals surface area contributed by atoms with E-state index in [1.165, 1.54) is 4.90 Å². The quantitative estimate of drug-likeness (QED) is 0.283. The molecule has 1 atom stereocenters. The first kappa shape index (κ1) is 24.1. The zero-order valence-corrected chi connectivity index (χ0v) is 20.5. The summed E-state index contributed by atoms with van der Waals surface area (Å²) in [5.74, 6) is 0.727. The van der Waals surface area contributed by atoms with Crippen LogP contribution in [0.3, 0.4) is 0 Å². The number of carbonyl (C=O) groups excluding carboxylic acids is 2. The molecule has 2 aromatic carbocycles. The number of aryl methyl sites for hydroxylation is 2. The Hall–Kier alpha value is -4.00. The van der Waals surface area contributed by atoms with Gasteiger partial charge in [-0.3, -0.25) is 9.59 Å². The van der Waals surface area contributed by atoms with E-state index in [2.05, 4.69) is 0 Å². The summed E-state index contributed by atoms with van der Waals surface area (Å²) in [6.07, 6.45) is -0.00128. The third kappa shape index (κ3) is 4.80. The van der Waals surface area contributed by atoms with E-state index in [0.717, 1.165) is 11.1 Å². The summed E-state index contributed by atoms with van der Waals surface area (Å²) in [7, 11) is 1.58. The molecule has 1 N–H and O–H groups in total. The Morgan fingerprint density at radius 1 is 1.06 bits per heavy atom. The van der Waals surface area contributed by atoms with E-state index in [9.17, 15) is 14.7 Å². The van der Waals surface area contributed by atoms with Crippen LogP contribution in [0.25, 0.3) is 5.76 Å². The molecule has 1 aromatic heterocycles. The summed E-state index contributed by atoms with van der Waals surface area (Å²) >= 11 is 0. The highest BCUT2D eigenvalue weighted by Crippen LogP contribution is 2.41. The number of benzene rings is 2. The maximum atomic E-state index is 13.2. The number of amides is 1. The maximum absolute atomic E-state index is 13.2. The van der Waals surface area contributed by atoms with Gasteiger partial charge in [-0.05, 0) is 81.3 Å². The summed E-state index contributed by atoms with van der Waals surface area (Å²) in [6.45, 7) is 7.68. The molecular formula is C28H29NO6. The normalized spacial score (nSPS) is 17.3. The molecule has 1 aliphatic heterocycles. The summed E-state index contributed by atoms with van der Waals surface area (Å²) in [6, 6.07) is 15.1. The van der Waals surface area contributed by atoms with Crippen LogP contribution in [0.1, 0.15) is 48.1 Å². The molecule has 0 saturated carbocycles. The number of Topliss-reactive ketones (excluding diaryl/α,β-unsaturated/α-hetero) is 1. The van der Waals surface area contributed by atoms with Gasteiger partial charge in [0.05, 0.1) is 18.8 Å². The molecule has 2 heterocycles. The van der Waals surface area contributed by atoms with Crippen LogP contribution in [0.4, 0.5) is 0 Å². The minimum absolute atomic E-state index is 0.00128. The Morgan fingerprint density at radius 3 is 2.34 bits per heavy atom. The second-order valence-corrected chi connectivity index (χ2v) is 8.87. The second kappa shape index (κ2) is 9.70. The van der Waals surface area contributed by atoms with Crippen molar-refractivity contribution in [1.29, 1.82) is 0 Å². The van der Waals surface area contributed by atoms with Gasteiger partial charge < -0.3 is 23.9 Å². The van der Waals surface area contributed by atoms with Crippen LogP contribution in [0.5, 0.6) is 11.5 Å². The van der Waals surface area contributed by atoms with Crippen molar-refractivity contribution >= 4 is 17.4 Å². The smallest absolute Gasteiger partial charge is 0.296 e. The lowest BCUT2D eigenvalue weighted by atomic mass is 9.98. The number of aliphatic hydroxyl groups excluding tert-OH is 1. The monoisotopic (exact) mass is 475 g/mol. The molecule has 0 aliphatic carbocycles. The number of methoxy groups -OCH3 is 1. The van der Waals surface area contributed by atoms with Gasteiger partial charge >= 0.3 is 0 Å². The molecule has 4 rings (SSSR count). The molecule has 182 valence electrons. The Labute approximate surface area is 204 Å². The molecule has 0 radical (unpaired) electrons. The fraction of sp³-hybridized carbons (Fsp3) is 0.286. The van der Waals surface area contributed by atoms with E-state index in [1.807, 2.05) is 32.9 Å². The van der Waals surface area contributed by atoms with Crippen molar-refractivity contribution in [3.8, 4) is 11.5 Å². The average Bonchev–Trinajstić information content (AvgIpc) is 3.36. The highest BCUT2D eigenvalue weighted by molar-refractivity contribution is 6.46. The van der Waals surface area contributed by atoms with Crippen molar-refractivity contribution < 1.29 is 28.6 Å². The molecule has 1 aliphatic rings. The molecule has 1 amide bonds. The Bertz CT molecular complexity index is 1290. The van der Waals surface area contributed by atoms with Crippen molar-refractivity contribution in [2.45, 2.75) is 46.4 Å². The average molecular weight is 476 g/mol. The lowest BCUT2D eigenvalue weighted by Gasteiger charge is -2.23. The van der Waals surface area contributed by atoms with Gasteiger partial charge in [-0.15, -0.1) is 0 Å². The predicted molar refractivity (Wildman–Crippen MR) is 131 cm³/mol. The summed E-state index contributed by atoms with van der Waals surface area (Å²) < 4.78 is 16.8. The molecule has 1 fully saturated rings. The predicted octanol–water partition coefficient (Wildman–Crippen LogP) is 5.31. The van der Waals surface area contributed by atoms with Gasteiger partial charge in [0.2, 0.25) is 0 Å². The molecule has 0 spiro atoms. The van der Waals surface area contributed by atoms with Gasteiger partial charge in [-0.25, -0.2) is 0 Å². The molecule has 1 unspecified atom stereocenters. The molecule has 7 nitrogen and oxygen atoms in total. The summed E-state index contributed by atoms with van der Waals surface area (Å²) in [4.78, 5) is 27.8. The van der Waals surface area contributed by atoms with Crippen LogP contribution in [0.15, 0.2) is 64.6 Å². The Morgan fingerprint density at radius 2 is 1.77 bits per heavy atom. The van der Waals surface area contributed by atoms with Gasteiger partial charge in [-0.1, -0.05) is 12.1 Å². The van der Waals surface area contributed by atoms with Crippen LogP contribution >= 0.6 is 0 Å². The van der Waals surface area contributed by atoms with Crippen molar-refractivity contribution in [3.63, 3.8) is 0 Å². The maximum Gasteiger partial charge on any atom is 0.296 e. The molecule has 1 saturated heterocycles. The third-order valence-electron chi connectivity index (χ3n) is 5.89. The van der Waals surface area contributed by atoms with E-state index in [0.29, 0.717) is 28.6 Å². The van der Waals surface area contributed by atoms with E-state index in [4.69, 9.17) is 13.9 Å². The fourth-order valence-electron chi connectivity index (χ4n) is 4.21. The lowest BCUT2D eigenvalue weighted by Crippen LogP contribution is -2.29. The number of furan rings is 1. The topological polar surface area (TPSA) is 89.2 Å². The van der Waals surface area contributed by atoms with Crippen molar-refractivity contribution in [1.82, 2.24) is 4.90 Å². The minimum Gasteiger partial charge on any atom is -0.507 e. The molecule has 0 bridgehead atoms. The lowest BCUT2D eigenvalue weighted by molar-refractivity contribution is -0.140. The van der Waals surface area contributed by atoms with Gasteiger partial charge in [0.25, 0.3) is 11.7 Å². The first-order valence-electron chi connectivity index (χ1n) is 11.4. The second-order valence-electron chi connectivity index (χ2n) is 8.87. The van der Waals surface area contributed by atoms with Crippen molar-refractivity contribution in [2.75, 3.05) is 7.11 Å². The zero-order chi connectivity index (χ0) is 25.3. The standard InChI is InChI=1S/C28H29NO6/c1-16(2)34-22-13-9-20(14-17(22)3)26(30)24-25(23-12-6-18(4)35-23)29(28(32)27(24)31)15-19-7-10-21(33-5)11-8-19/h6-14,16,25,30H,15H2,1-5H3/b26-24-. The van der Waals surface area contributed by atoms with E-state index < -0.39 is 17.7 Å². The highest BCUT2D eigenvalue weighted by Gasteiger charge is 2.47. The highest BCUT2D eigenvalue weighted by atomic mass is 16.5. The van der Waals surface area contributed by atoms with Crippen LogP contribution in [0.2, 0.25) is 0 Å². The number of hydrogen-bond donors (Lipinski definition) is 1. The Balaban J connectivity index is 1.78. The summed E-state index contributed by atoms with van der Waals surface area (Å²) in [5, 5.41) is 11.3. The number of carbonyl (C=O) groups is 2. The van der Waals surface area contributed by atoms with Crippen molar-refractivity contribution in [2.24, 2.45) is 0 Å². The number of aliphatic hydroxyl groups is 1. The first-order chi connectivity index (χ1) is 16.7.